The molecule has 4 nitrogen and oxygen atoms in total. The van der Waals surface area contributed by atoms with Crippen molar-refractivity contribution < 1.29 is 9.90 Å². The molecule has 19 heavy (non-hydrogen) atoms. The van der Waals surface area contributed by atoms with Gasteiger partial charge in [0.05, 0.1) is 4.88 Å². The SMILES string of the molecule is O=C(O)c1cn2c3c(sc2n1)-c1ccccc1CC3. The van der Waals surface area contributed by atoms with E-state index in [4.69, 9.17) is 5.11 Å². The topological polar surface area (TPSA) is 54.6 Å². The molecule has 0 fully saturated rings. The second-order valence-corrected chi connectivity index (χ2v) is 5.60. The Kier molecular flexibility index (Phi) is 2.08. The van der Waals surface area contributed by atoms with E-state index in [1.165, 1.54) is 21.7 Å². The number of aromatic nitrogens is 2. The number of carboxylic acids is 1. The Morgan fingerprint density at radius 1 is 1.32 bits per heavy atom. The van der Waals surface area contributed by atoms with Crippen LogP contribution < -0.4 is 0 Å². The maximum Gasteiger partial charge on any atom is 0.356 e. The second-order valence-electron chi connectivity index (χ2n) is 4.62. The molecule has 2 aromatic heterocycles. The van der Waals surface area contributed by atoms with Gasteiger partial charge < -0.3 is 5.11 Å². The van der Waals surface area contributed by atoms with Crippen molar-refractivity contribution in [3.63, 3.8) is 0 Å². The van der Waals surface area contributed by atoms with Crippen molar-refractivity contribution in [2.24, 2.45) is 0 Å². The van der Waals surface area contributed by atoms with Crippen LogP contribution >= 0.6 is 11.3 Å². The van der Waals surface area contributed by atoms with E-state index in [2.05, 4.69) is 23.2 Å². The smallest absolute Gasteiger partial charge is 0.356 e. The second kappa shape index (κ2) is 3.68. The number of benzene rings is 1. The first-order chi connectivity index (χ1) is 9.24. The third-order valence-electron chi connectivity index (χ3n) is 3.53. The lowest BCUT2D eigenvalue weighted by Crippen LogP contribution is -2.04. The Labute approximate surface area is 113 Å². The van der Waals surface area contributed by atoms with Crippen LogP contribution in [0.4, 0.5) is 0 Å². The van der Waals surface area contributed by atoms with Crippen LogP contribution in [0.25, 0.3) is 15.4 Å². The van der Waals surface area contributed by atoms with Crippen molar-refractivity contribution in [3.8, 4) is 10.4 Å². The van der Waals surface area contributed by atoms with Gasteiger partial charge >= 0.3 is 5.97 Å². The highest BCUT2D eigenvalue weighted by atomic mass is 32.1. The largest absolute Gasteiger partial charge is 0.476 e. The number of fused-ring (bicyclic) bond motifs is 5. The molecule has 1 aromatic carbocycles. The summed E-state index contributed by atoms with van der Waals surface area (Å²) in [5.74, 6) is -0.971. The molecule has 5 heteroatoms. The van der Waals surface area contributed by atoms with E-state index >= 15 is 0 Å². The predicted molar refractivity (Wildman–Crippen MR) is 72.9 cm³/mol. The summed E-state index contributed by atoms with van der Waals surface area (Å²) in [5, 5.41) is 8.99. The monoisotopic (exact) mass is 270 g/mol. The Morgan fingerprint density at radius 3 is 3.00 bits per heavy atom. The molecule has 0 aliphatic heterocycles. The van der Waals surface area contributed by atoms with Crippen molar-refractivity contribution in [2.45, 2.75) is 12.8 Å². The zero-order valence-electron chi connectivity index (χ0n) is 9.96. The molecule has 0 amide bonds. The summed E-state index contributed by atoms with van der Waals surface area (Å²) in [7, 11) is 0. The standard InChI is InChI=1S/C14H10N2O2S/c17-13(18)10-7-16-11-6-5-8-3-1-2-4-9(8)12(11)19-14(16)15-10/h1-4,7H,5-6H2,(H,17,18). The molecule has 94 valence electrons. The van der Waals surface area contributed by atoms with E-state index in [0.717, 1.165) is 17.8 Å². The van der Waals surface area contributed by atoms with Crippen molar-refractivity contribution in [1.29, 1.82) is 0 Å². The highest BCUT2D eigenvalue weighted by Gasteiger charge is 2.23. The van der Waals surface area contributed by atoms with Crippen LogP contribution in [0.1, 0.15) is 21.7 Å². The molecule has 0 radical (unpaired) electrons. The number of thiazole rings is 1. The van der Waals surface area contributed by atoms with Crippen LogP contribution in [0.2, 0.25) is 0 Å². The average molecular weight is 270 g/mol. The summed E-state index contributed by atoms with van der Waals surface area (Å²) in [6.45, 7) is 0. The van der Waals surface area contributed by atoms with Crippen LogP contribution in [0.15, 0.2) is 30.5 Å². The van der Waals surface area contributed by atoms with Crippen LogP contribution in [-0.2, 0) is 12.8 Å². The number of carbonyl (C=O) groups is 1. The minimum Gasteiger partial charge on any atom is -0.476 e. The molecule has 0 saturated heterocycles. The lowest BCUT2D eigenvalue weighted by atomic mass is 9.94. The van der Waals surface area contributed by atoms with Gasteiger partial charge in [0.15, 0.2) is 10.7 Å². The minimum atomic E-state index is -0.971. The Morgan fingerprint density at radius 2 is 2.16 bits per heavy atom. The van der Waals surface area contributed by atoms with Crippen LogP contribution in [0.3, 0.4) is 0 Å². The van der Waals surface area contributed by atoms with Gasteiger partial charge in [-0.2, -0.15) is 0 Å². The molecular weight excluding hydrogens is 260 g/mol. The van der Waals surface area contributed by atoms with Gasteiger partial charge in [0.2, 0.25) is 0 Å². The Balaban J connectivity index is 1.99. The van der Waals surface area contributed by atoms with Gasteiger partial charge in [0.25, 0.3) is 0 Å². The highest BCUT2D eigenvalue weighted by Crippen LogP contribution is 2.39. The van der Waals surface area contributed by atoms with Gasteiger partial charge in [-0.3, -0.25) is 4.40 Å². The molecule has 0 saturated carbocycles. The van der Waals surface area contributed by atoms with Gasteiger partial charge in [-0.1, -0.05) is 35.6 Å². The molecule has 2 heterocycles. The summed E-state index contributed by atoms with van der Waals surface area (Å²) in [6.07, 6.45) is 3.55. The maximum absolute atomic E-state index is 11.0. The molecule has 1 N–H and O–H groups in total. The molecule has 0 unspecified atom stereocenters. The first-order valence-electron chi connectivity index (χ1n) is 6.06. The lowest BCUT2D eigenvalue weighted by molar-refractivity contribution is 0.0691. The van der Waals surface area contributed by atoms with E-state index in [9.17, 15) is 4.79 Å². The van der Waals surface area contributed by atoms with Gasteiger partial charge in [0.1, 0.15) is 0 Å². The molecule has 0 atom stereocenters. The van der Waals surface area contributed by atoms with E-state index in [0.29, 0.717) is 0 Å². The zero-order chi connectivity index (χ0) is 13.0. The zero-order valence-corrected chi connectivity index (χ0v) is 10.8. The van der Waals surface area contributed by atoms with Crippen molar-refractivity contribution >= 4 is 22.3 Å². The van der Waals surface area contributed by atoms with Crippen LogP contribution in [0, 0.1) is 0 Å². The quantitative estimate of drug-likeness (QED) is 0.739. The molecule has 1 aliphatic carbocycles. The summed E-state index contributed by atoms with van der Waals surface area (Å²) in [4.78, 5) is 17.1. The van der Waals surface area contributed by atoms with Crippen LogP contribution in [-0.4, -0.2) is 20.5 Å². The molecule has 4 rings (SSSR count). The lowest BCUT2D eigenvalue weighted by Gasteiger charge is -2.15. The number of aromatic carboxylic acids is 1. The fourth-order valence-corrected chi connectivity index (χ4v) is 3.86. The fourth-order valence-electron chi connectivity index (χ4n) is 2.65. The fraction of sp³-hybridized carbons (Fsp3) is 0.143. The first kappa shape index (κ1) is 10.8. The number of hydrogen-bond donors (Lipinski definition) is 1. The minimum absolute atomic E-state index is 0.118. The van der Waals surface area contributed by atoms with Gasteiger partial charge in [-0.25, -0.2) is 9.78 Å². The van der Waals surface area contributed by atoms with Crippen molar-refractivity contribution in [3.05, 3.63) is 47.4 Å². The Hall–Kier alpha value is -2.14. The summed E-state index contributed by atoms with van der Waals surface area (Å²) in [5.41, 5.74) is 3.92. The van der Waals surface area contributed by atoms with Gasteiger partial charge in [-0.15, -0.1) is 0 Å². The average Bonchev–Trinajstić information content (AvgIpc) is 2.96. The molecule has 0 spiro atoms. The highest BCUT2D eigenvalue weighted by molar-refractivity contribution is 7.20. The van der Waals surface area contributed by atoms with Crippen molar-refractivity contribution in [2.75, 3.05) is 0 Å². The number of rotatable bonds is 1. The number of imidazole rings is 1. The molecule has 0 bridgehead atoms. The van der Waals surface area contributed by atoms with Crippen molar-refractivity contribution in [1.82, 2.24) is 9.38 Å². The van der Waals surface area contributed by atoms with Gasteiger partial charge in [-0.05, 0) is 24.0 Å². The normalized spacial score (nSPS) is 13.3. The molecular formula is C14H10N2O2S. The number of aryl methyl sites for hydroxylation is 2. The van der Waals surface area contributed by atoms with Crippen LogP contribution in [0.5, 0.6) is 0 Å². The third kappa shape index (κ3) is 1.45. The number of nitrogens with zero attached hydrogens (tertiary/aromatic N) is 2. The van der Waals surface area contributed by atoms with Gasteiger partial charge in [0, 0.05) is 11.9 Å². The predicted octanol–water partition coefficient (Wildman–Crippen LogP) is 2.86. The molecule has 3 aromatic rings. The van der Waals surface area contributed by atoms with E-state index in [-0.39, 0.29) is 5.69 Å². The number of carboxylic acid groups (broad SMARTS) is 1. The summed E-state index contributed by atoms with van der Waals surface area (Å²) in [6, 6.07) is 8.38. The van der Waals surface area contributed by atoms with E-state index in [1.54, 1.807) is 17.5 Å². The third-order valence-corrected chi connectivity index (χ3v) is 4.66. The molecule has 1 aliphatic rings. The first-order valence-corrected chi connectivity index (χ1v) is 6.88. The summed E-state index contributed by atoms with van der Waals surface area (Å²) < 4.78 is 1.93. The summed E-state index contributed by atoms with van der Waals surface area (Å²) >= 11 is 1.57. The van der Waals surface area contributed by atoms with E-state index < -0.39 is 5.97 Å². The van der Waals surface area contributed by atoms with E-state index in [1.807, 2.05) is 10.5 Å². The Bertz CT molecular complexity index is 816. The maximum atomic E-state index is 11.0. The number of hydrogen-bond acceptors (Lipinski definition) is 3.